The number of halogens is 1. The maximum absolute atomic E-state index is 12.9. The minimum Gasteiger partial charge on any atom is -0.398 e. The van der Waals surface area contributed by atoms with Crippen LogP contribution in [0.2, 0.25) is 0 Å². The van der Waals surface area contributed by atoms with Crippen LogP contribution in [0.1, 0.15) is 18.4 Å². The van der Waals surface area contributed by atoms with Gasteiger partial charge in [0.05, 0.1) is 6.61 Å². The Balaban J connectivity index is 1.70. The van der Waals surface area contributed by atoms with Gasteiger partial charge in [-0.1, -0.05) is 6.07 Å². The number of hydrogen-bond donors (Lipinski definition) is 1. The third-order valence-electron chi connectivity index (χ3n) is 3.22. The van der Waals surface area contributed by atoms with Gasteiger partial charge in [-0.2, -0.15) is 0 Å². The van der Waals surface area contributed by atoms with Gasteiger partial charge in [0.15, 0.2) is 0 Å². The number of rotatable bonds is 7. The van der Waals surface area contributed by atoms with Crippen LogP contribution in [0.4, 0.5) is 10.1 Å². The van der Waals surface area contributed by atoms with Gasteiger partial charge in [0.2, 0.25) is 0 Å². The van der Waals surface area contributed by atoms with Gasteiger partial charge in [0, 0.05) is 25.4 Å². The van der Waals surface area contributed by atoms with Gasteiger partial charge in [-0.3, -0.25) is 4.90 Å². The zero-order chi connectivity index (χ0) is 13.0. The van der Waals surface area contributed by atoms with Crippen LogP contribution in [0.25, 0.3) is 0 Å². The van der Waals surface area contributed by atoms with Gasteiger partial charge < -0.3 is 10.5 Å². The lowest BCUT2D eigenvalue weighted by Gasteiger charge is -2.17. The van der Waals surface area contributed by atoms with Gasteiger partial charge in [0.1, 0.15) is 5.82 Å². The molecule has 1 aromatic carbocycles. The molecule has 2 rings (SSSR count). The highest BCUT2D eigenvalue weighted by Crippen LogP contribution is 2.28. The van der Waals surface area contributed by atoms with Crippen LogP contribution in [0, 0.1) is 11.7 Å². The zero-order valence-electron chi connectivity index (χ0n) is 10.9. The van der Waals surface area contributed by atoms with Crippen LogP contribution < -0.4 is 5.73 Å². The molecule has 100 valence electrons. The SMILES string of the molecule is CN(CCOCC1CC1)Cc1ccc(F)cc1N. The quantitative estimate of drug-likeness (QED) is 0.597. The first-order chi connectivity index (χ1) is 8.65. The summed E-state index contributed by atoms with van der Waals surface area (Å²) >= 11 is 0. The van der Waals surface area contributed by atoms with Crippen LogP contribution in [0.15, 0.2) is 18.2 Å². The molecule has 0 unspecified atom stereocenters. The Hall–Kier alpha value is -1.13. The normalized spacial score (nSPS) is 15.3. The predicted octanol–water partition coefficient (Wildman–Crippen LogP) is 2.27. The summed E-state index contributed by atoms with van der Waals surface area (Å²) in [6.07, 6.45) is 2.64. The molecule has 0 saturated heterocycles. The second-order valence-electron chi connectivity index (χ2n) is 5.10. The molecule has 0 amide bonds. The molecule has 0 heterocycles. The van der Waals surface area contributed by atoms with E-state index in [4.69, 9.17) is 10.5 Å². The summed E-state index contributed by atoms with van der Waals surface area (Å²) in [4.78, 5) is 2.14. The van der Waals surface area contributed by atoms with Crippen molar-refractivity contribution in [2.24, 2.45) is 5.92 Å². The van der Waals surface area contributed by atoms with E-state index >= 15 is 0 Å². The molecule has 0 spiro atoms. The molecule has 1 aliphatic rings. The van der Waals surface area contributed by atoms with E-state index in [0.29, 0.717) is 5.69 Å². The Labute approximate surface area is 108 Å². The minimum absolute atomic E-state index is 0.285. The van der Waals surface area contributed by atoms with Crippen molar-refractivity contribution in [1.29, 1.82) is 0 Å². The summed E-state index contributed by atoms with van der Waals surface area (Å²) in [6, 6.07) is 4.56. The maximum Gasteiger partial charge on any atom is 0.125 e. The minimum atomic E-state index is -0.285. The molecule has 1 aromatic rings. The van der Waals surface area contributed by atoms with Gasteiger partial charge in [0.25, 0.3) is 0 Å². The Morgan fingerprint density at radius 2 is 2.22 bits per heavy atom. The zero-order valence-corrected chi connectivity index (χ0v) is 10.9. The molecule has 2 N–H and O–H groups in total. The van der Waals surface area contributed by atoms with E-state index in [2.05, 4.69) is 4.90 Å². The highest BCUT2D eigenvalue weighted by atomic mass is 19.1. The van der Waals surface area contributed by atoms with Crippen LogP contribution in [0.3, 0.4) is 0 Å². The largest absolute Gasteiger partial charge is 0.398 e. The average Bonchev–Trinajstić information content (AvgIpc) is 3.12. The number of nitrogen functional groups attached to an aromatic ring is 1. The fourth-order valence-electron chi connectivity index (χ4n) is 1.83. The number of ether oxygens (including phenoxy) is 1. The lowest BCUT2D eigenvalue weighted by Crippen LogP contribution is -2.23. The van der Waals surface area contributed by atoms with Gasteiger partial charge >= 0.3 is 0 Å². The van der Waals surface area contributed by atoms with E-state index in [-0.39, 0.29) is 5.82 Å². The number of nitrogens with two attached hydrogens (primary N) is 1. The van der Waals surface area contributed by atoms with Crippen molar-refractivity contribution in [3.63, 3.8) is 0 Å². The first kappa shape index (κ1) is 13.3. The standard InChI is InChI=1S/C14H21FN2O/c1-17(6-7-18-10-11-2-3-11)9-12-4-5-13(15)8-14(12)16/h4-5,8,11H,2-3,6-7,9-10,16H2,1H3. The third kappa shape index (κ3) is 4.27. The Morgan fingerprint density at radius 1 is 1.44 bits per heavy atom. The molecule has 3 nitrogen and oxygen atoms in total. The Bertz CT molecular complexity index is 393. The summed E-state index contributed by atoms with van der Waals surface area (Å²) in [6.45, 7) is 3.23. The molecule has 0 aliphatic heterocycles. The van der Waals surface area contributed by atoms with Crippen LogP contribution in [0.5, 0.6) is 0 Å². The lowest BCUT2D eigenvalue weighted by atomic mass is 10.1. The smallest absolute Gasteiger partial charge is 0.125 e. The van der Waals surface area contributed by atoms with Crippen molar-refractivity contribution in [2.75, 3.05) is 32.5 Å². The molecule has 1 aliphatic carbocycles. The topological polar surface area (TPSA) is 38.5 Å². The van der Waals surface area contributed by atoms with Crippen LogP contribution in [-0.2, 0) is 11.3 Å². The van der Waals surface area contributed by atoms with Gasteiger partial charge in [-0.25, -0.2) is 4.39 Å². The monoisotopic (exact) mass is 252 g/mol. The highest BCUT2D eigenvalue weighted by Gasteiger charge is 2.20. The molecule has 0 bridgehead atoms. The van der Waals surface area contributed by atoms with Gasteiger partial charge in [-0.05, 0) is 43.5 Å². The summed E-state index contributed by atoms with van der Waals surface area (Å²) in [5.74, 6) is 0.523. The van der Waals surface area contributed by atoms with Gasteiger partial charge in [-0.15, -0.1) is 0 Å². The van der Waals surface area contributed by atoms with E-state index in [1.54, 1.807) is 6.07 Å². The number of anilines is 1. The first-order valence-electron chi connectivity index (χ1n) is 6.45. The fourth-order valence-corrected chi connectivity index (χ4v) is 1.83. The van der Waals surface area contributed by atoms with E-state index in [1.165, 1.54) is 25.0 Å². The summed E-state index contributed by atoms with van der Waals surface area (Å²) in [7, 11) is 2.02. The molecular formula is C14H21FN2O. The first-order valence-corrected chi connectivity index (χ1v) is 6.45. The van der Waals surface area contributed by atoms with Crippen LogP contribution in [-0.4, -0.2) is 31.7 Å². The average molecular weight is 252 g/mol. The Kier molecular flexibility index (Phi) is 4.55. The number of nitrogens with zero attached hydrogens (tertiary/aromatic N) is 1. The molecule has 1 saturated carbocycles. The summed E-state index contributed by atoms with van der Waals surface area (Å²) in [5, 5.41) is 0. The van der Waals surface area contributed by atoms with E-state index < -0.39 is 0 Å². The number of hydrogen-bond acceptors (Lipinski definition) is 3. The van der Waals surface area contributed by atoms with E-state index in [9.17, 15) is 4.39 Å². The highest BCUT2D eigenvalue weighted by molar-refractivity contribution is 5.46. The molecule has 1 fully saturated rings. The van der Waals surface area contributed by atoms with Crippen molar-refractivity contribution in [2.45, 2.75) is 19.4 Å². The van der Waals surface area contributed by atoms with E-state index in [1.807, 2.05) is 7.05 Å². The molecule has 4 heteroatoms. The molecule has 0 atom stereocenters. The third-order valence-corrected chi connectivity index (χ3v) is 3.22. The van der Waals surface area contributed by atoms with Crippen molar-refractivity contribution in [3.05, 3.63) is 29.6 Å². The van der Waals surface area contributed by atoms with Crippen molar-refractivity contribution in [3.8, 4) is 0 Å². The second-order valence-corrected chi connectivity index (χ2v) is 5.10. The number of benzene rings is 1. The maximum atomic E-state index is 12.9. The molecule has 0 radical (unpaired) electrons. The molecule has 0 aromatic heterocycles. The van der Waals surface area contributed by atoms with Crippen LogP contribution >= 0.6 is 0 Å². The molecule has 18 heavy (non-hydrogen) atoms. The summed E-state index contributed by atoms with van der Waals surface area (Å²) < 4.78 is 18.5. The fraction of sp³-hybridized carbons (Fsp3) is 0.571. The van der Waals surface area contributed by atoms with Crippen molar-refractivity contribution >= 4 is 5.69 Å². The molecular weight excluding hydrogens is 231 g/mol. The number of likely N-dealkylation sites (N-methyl/N-ethyl adjacent to an activating group) is 1. The predicted molar refractivity (Wildman–Crippen MR) is 70.7 cm³/mol. The Morgan fingerprint density at radius 3 is 2.89 bits per heavy atom. The van der Waals surface area contributed by atoms with Crippen molar-refractivity contribution < 1.29 is 9.13 Å². The lowest BCUT2D eigenvalue weighted by molar-refractivity contribution is 0.102. The van der Waals surface area contributed by atoms with Crippen molar-refractivity contribution in [1.82, 2.24) is 4.90 Å². The van der Waals surface area contributed by atoms with E-state index in [0.717, 1.165) is 37.8 Å². The second kappa shape index (κ2) is 6.16. The summed E-state index contributed by atoms with van der Waals surface area (Å²) in [5.41, 5.74) is 7.25.